The van der Waals surface area contributed by atoms with Crippen LogP contribution in [-0.4, -0.2) is 22.3 Å². The van der Waals surface area contributed by atoms with Crippen molar-refractivity contribution in [3.8, 4) is 0 Å². The highest BCUT2D eigenvalue weighted by Crippen LogP contribution is 2.37. The van der Waals surface area contributed by atoms with E-state index in [-0.39, 0.29) is 12.2 Å². The second-order valence-corrected chi connectivity index (χ2v) is 11.1. The van der Waals surface area contributed by atoms with Crippen molar-refractivity contribution in [3.05, 3.63) is 73.7 Å². The maximum atomic E-state index is 13.6. The van der Waals surface area contributed by atoms with E-state index in [9.17, 15) is 14.4 Å². The van der Waals surface area contributed by atoms with Gasteiger partial charge in [-0.3, -0.25) is 14.7 Å². The Morgan fingerprint density at radius 1 is 1.38 bits per heavy atom. The van der Waals surface area contributed by atoms with E-state index in [0.29, 0.717) is 34.6 Å². The fraction of sp³-hybridized carbons (Fsp3) is 0.333. The number of amides is 1. The van der Waals surface area contributed by atoms with Gasteiger partial charge in [-0.1, -0.05) is 24.8 Å². The molecular formula is C27H27N3O5S2. The van der Waals surface area contributed by atoms with Crippen LogP contribution in [0.3, 0.4) is 0 Å². The molecule has 0 aliphatic heterocycles. The van der Waals surface area contributed by atoms with Gasteiger partial charge in [0.25, 0.3) is 5.56 Å². The Kier molecular flexibility index (Phi) is 7.21. The third kappa shape index (κ3) is 5.08. The SMILES string of the molecule is C=CCn1c(SCc2cc(=O)oc3cc(NC(=O)OCC)ccc23)nc2sc3c(c2c1=O)CC[C@H](C)C3. The minimum absolute atomic E-state index is 0.0356. The molecule has 1 aliphatic rings. The molecule has 1 aromatic carbocycles. The van der Waals surface area contributed by atoms with Gasteiger partial charge in [0, 0.05) is 40.4 Å². The van der Waals surface area contributed by atoms with E-state index < -0.39 is 11.7 Å². The van der Waals surface area contributed by atoms with E-state index in [1.165, 1.54) is 22.7 Å². The summed E-state index contributed by atoms with van der Waals surface area (Å²) in [6, 6.07) is 6.56. The van der Waals surface area contributed by atoms with Crippen LogP contribution >= 0.6 is 23.1 Å². The van der Waals surface area contributed by atoms with Gasteiger partial charge < -0.3 is 9.15 Å². The molecule has 0 radical (unpaired) electrons. The third-order valence-electron chi connectivity index (χ3n) is 6.40. The van der Waals surface area contributed by atoms with Gasteiger partial charge in [0.1, 0.15) is 10.4 Å². The van der Waals surface area contributed by atoms with Crippen LogP contribution in [0.4, 0.5) is 10.5 Å². The predicted molar refractivity (Wildman–Crippen MR) is 148 cm³/mol. The molecule has 3 aromatic heterocycles. The fourth-order valence-electron chi connectivity index (χ4n) is 4.66. The molecule has 10 heteroatoms. The van der Waals surface area contributed by atoms with E-state index in [1.807, 2.05) is 0 Å². The number of hydrogen-bond acceptors (Lipinski definition) is 8. The van der Waals surface area contributed by atoms with Crippen molar-refractivity contribution in [1.82, 2.24) is 9.55 Å². The highest BCUT2D eigenvalue weighted by molar-refractivity contribution is 7.98. The molecule has 0 saturated heterocycles. The van der Waals surface area contributed by atoms with Crippen molar-refractivity contribution in [2.75, 3.05) is 11.9 Å². The van der Waals surface area contributed by atoms with Gasteiger partial charge >= 0.3 is 11.7 Å². The van der Waals surface area contributed by atoms with Crippen LogP contribution in [-0.2, 0) is 29.9 Å². The van der Waals surface area contributed by atoms with Crippen molar-refractivity contribution in [3.63, 3.8) is 0 Å². The number of carbonyl (C=O) groups is 1. The van der Waals surface area contributed by atoms with Crippen LogP contribution in [0.2, 0.25) is 0 Å². The van der Waals surface area contributed by atoms with Crippen LogP contribution < -0.4 is 16.5 Å². The van der Waals surface area contributed by atoms with Gasteiger partial charge in [0.15, 0.2) is 5.16 Å². The Balaban J connectivity index is 1.49. The molecule has 1 N–H and O–H groups in total. The number of fused-ring (bicyclic) bond motifs is 4. The maximum Gasteiger partial charge on any atom is 0.411 e. The van der Waals surface area contributed by atoms with Crippen molar-refractivity contribution < 1.29 is 13.9 Å². The van der Waals surface area contributed by atoms with Gasteiger partial charge in [-0.25, -0.2) is 14.6 Å². The first kappa shape index (κ1) is 25.3. The summed E-state index contributed by atoms with van der Waals surface area (Å²) in [5.74, 6) is 1.01. The minimum Gasteiger partial charge on any atom is -0.450 e. The van der Waals surface area contributed by atoms with Crippen molar-refractivity contribution in [2.24, 2.45) is 5.92 Å². The Morgan fingerprint density at radius 3 is 3.00 bits per heavy atom. The summed E-state index contributed by atoms with van der Waals surface area (Å²) in [6.45, 7) is 8.39. The van der Waals surface area contributed by atoms with Crippen molar-refractivity contribution in [2.45, 2.75) is 50.6 Å². The highest BCUT2D eigenvalue weighted by atomic mass is 32.2. The Morgan fingerprint density at radius 2 is 2.22 bits per heavy atom. The molecule has 0 saturated carbocycles. The van der Waals surface area contributed by atoms with Gasteiger partial charge in [0.2, 0.25) is 0 Å². The third-order valence-corrected chi connectivity index (χ3v) is 8.57. The normalized spacial score (nSPS) is 15.0. The summed E-state index contributed by atoms with van der Waals surface area (Å²) in [5, 5.41) is 4.68. The molecule has 192 valence electrons. The second-order valence-electron chi connectivity index (χ2n) is 9.07. The van der Waals surface area contributed by atoms with Crippen molar-refractivity contribution >= 4 is 56.1 Å². The van der Waals surface area contributed by atoms with Gasteiger partial charge in [-0.2, -0.15) is 0 Å². The Bertz CT molecular complexity index is 1640. The molecule has 4 aromatic rings. The molecule has 0 fully saturated rings. The zero-order chi connectivity index (χ0) is 26.1. The molecule has 37 heavy (non-hydrogen) atoms. The number of nitrogens with one attached hydrogen (secondary N) is 1. The zero-order valence-corrected chi connectivity index (χ0v) is 22.3. The van der Waals surface area contributed by atoms with Crippen LogP contribution in [0.5, 0.6) is 0 Å². The van der Waals surface area contributed by atoms with E-state index in [0.717, 1.165) is 46.0 Å². The van der Waals surface area contributed by atoms with Gasteiger partial charge in [0.05, 0.1) is 12.0 Å². The van der Waals surface area contributed by atoms with Crippen LogP contribution in [0.1, 0.15) is 36.3 Å². The molecule has 1 aliphatic carbocycles. The number of allylic oxidation sites excluding steroid dienone is 1. The first-order valence-electron chi connectivity index (χ1n) is 12.2. The first-order valence-corrected chi connectivity index (χ1v) is 14.0. The van der Waals surface area contributed by atoms with E-state index in [4.69, 9.17) is 14.1 Å². The monoisotopic (exact) mass is 537 g/mol. The topological polar surface area (TPSA) is 103 Å². The average Bonchev–Trinajstić information content (AvgIpc) is 3.21. The largest absolute Gasteiger partial charge is 0.450 e. The summed E-state index contributed by atoms with van der Waals surface area (Å²) < 4.78 is 12.0. The lowest BCUT2D eigenvalue weighted by molar-refractivity contribution is 0.168. The first-order chi connectivity index (χ1) is 17.9. The lowest BCUT2D eigenvalue weighted by Gasteiger charge is -2.17. The minimum atomic E-state index is -0.581. The number of thioether (sulfide) groups is 1. The number of thiophene rings is 1. The molecule has 0 bridgehead atoms. The number of carbonyl (C=O) groups excluding carboxylic acids is 1. The number of ether oxygens (including phenoxy) is 1. The maximum absolute atomic E-state index is 13.6. The van der Waals surface area contributed by atoms with Crippen LogP contribution in [0.25, 0.3) is 21.2 Å². The summed E-state index contributed by atoms with van der Waals surface area (Å²) >= 11 is 3.02. The standard InChI is InChI=1S/C27H27N3O5S2/c1-4-10-30-25(32)23-19-8-6-15(3)11-21(19)37-24(23)29-26(30)36-14-16-12-22(31)35-20-13-17(7-9-18(16)20)28-27(33)34-5-2/h4,7,9,12-13,15H,1,5-6,8,10-11,14H2,2-3H3,(H,28,33)/t15-/m0/s1. The number of rotatable bonds is 7. The lowest BCUT2D eigenvalue weighted by Crippen LogP contribution is -2.23. The summed E-state index contributed by atoms with van der Waals surface area (Å²) in [4.78, 5) is 44.6. The van der Waals surface area contributed by atoms with Gasteiger partial charge in [-0.15, -0.1) is 17.9 Å². The number of anilines is 1. The quantitative estimate of drug-likeness (QED) is 0.139. The number of benzene rings is 1. The second kappa shape index (κ2) is 10.5. The van der Waals surface area contributed by atoms with E-state index >= 15 is 0 Å². The number of aryl methyl sites for hydroxylation is 1. The van der Waals surface area contributed by atoms with Gasteiger partial charge in [-0.05, 0) is 55.4 Å². The highest BCUT2D eigenvalue weighted by Gasteiger charge is 2.24. The summed E-state index contributed by atoms with van der Waals surface area (Å²) in [7, 11) is 0. The molecule has 1 amide bonds. The molecule has 0 unspecified atom stereocenters. The van der Waals surface area contributed by atoms with Crippen molar-refractivity contribution in [1.29, 1.82) is 0 Å². The lowest BCUT2D eigenvalue weighted by atomic mass is 9.89. The van der Waals surface area contributed by atoms with E-state index in [2.05, 4.69) is 18.8 Å². The average molecular weight is 538 g/mol. The molecule has 0 spiro atoms. The number of aromatic nitrogens is 2. The summed E-state index contributed by atoms with van der Waals surface area (Å²) in [5.41, 5.74) is 2.18. The molecular weight excluding hydrogens is 510 g/mol. The Hall–Kier alpha value is -3.37. The number of hydrogen-bond donors (Lipinski definition) is 1. The summed E-state index contributed by atoms with van der Waals surface area (Å²) in [6.07, 6.45) is 4.09. The van der Waals surface area contributed by atoms with E-state index in [1.54, 1.807) is 47.1 Å². The van der Waals surface area contributed by atoms with Crippen LogP contribution in [0, 0.1) is 5.92 Å². The molecule has 8 nitrogen and oxygen atoms in total. The number of nitrogens with zero attached hydrogens (tertiary/aromatic N) is 2. The zero-order valence-electron chi connectivity index (χ0n) is 20.7. The Labute approximate surface area is 221 Å². The molecule has 5 rings (SSSR count). The fourth-order valence-corrected chi connectivity index (χ4v) is 7.08. The molecule has 3 heterocycles. The van der Waals surface area contributed by atoms with Crippen LogP contribution in [0.15, 0.2) is 56.1 Å². The smallest absolute Gasteiger partial charge is 0.411 e. The molecule has 1 atom stereocenters. The predicted octanol–water partition coefficient (Wildman–Crippen LogP) is 5.74.